The van der Waals surface area contributed by atoms with Crippen molar-refractivity contribution in [2.45, 2.75) is 0 Å². The minimum absolute atomic E-state index is 0.0433. The summed E-state index contributed by atoms with van der Waals surface area (Å²) in [4.78, 5) is 22.6. The van der Waals surface area contributed by atoms with Crippen molar-refractivity contribution in [2.24, 2.45) is 0 Å². The molecule has 1 aromatic carbocycles. The van der Waals surface area contributed by atoms with Crippen LogP contribution in [0.5, 0.6) is 5.75 Å². The molecule has 8 heteroatoms. The number of hydrogen-bond acceptors (Lipinski definition) is 4. The fourth-order valence-electron chi connectivity index (χ4n) is 1.24. The maximum absolute atomic E-state index is 11.3. The number of carbonyl (C=O) groups excluding carboxylic acids is 2. The summed E-state index contributed by atoms with van der Waals surface area (Å²) in [5.74, 6) is -0.943. The van der Waals surface area contributed by atoms with Crippen LogP contribution in [-0.2, 0) is 21.0 Å². The van der Waals surface area contributed by atoms with Gasteiger partial charge >= 0.3 is 11.4 Å². The molecule has 0 bridgehead atoms. The SMILES string of the molecule is C=CC(=O)Nc1ccc(OS(=O)O)cc1NC(=O)C=C. The largest absolute Gasteiger partial charge is 0.380 e. The van der Waals surface area contributed by atoms with E-state index in [0.29, 0.717) is 0 Å². The average molecular weight is 296 g/mol. The van der Waals surface area contributed by atoms with E-state index in [1.165, 1.54) is 18.2 Å². The Labute approximate surface area is 117 Å². The third-order valence-corrected chi connectivity index (χ3v) is 2.38. The molecule has 0 saturated carbocycles. The lowest BCUT2D eigenvalue weighted by Crippen LogP contribution is -2.13. The first-order chi connectivity index (χ1) is 9.46. The molecule has 0 fully saturated rings. The summed E-state index contributed by atoms with van der Waals surface area (Å²) >= 11 is -2.49. The zero-order chi connectivity index (χ0) is 15.1. The third-order valence-electron chi connectivity index (χ3n) is 2.05. The average Bonchev–Trinajstić information content (AvgIpc) is 2.40. The summed E-state index contributed by atoms with van der Waals surface area (Å²) in [7, 11) is 0. The fraction of sp³-hybridized carbons (Fsp3) is 0. The van der Waals surface area contributed by atoms with Crippen molar-refractivity contribution in [1.29, 1.82) is 0 Å². The topological polar surface area (TPSA) is 105 Å². The molecule has 1 rings (SSSR count). The maximum atomic E-state index is 11.3. The van der Waals surface area contributed by atoms with Crippen LogP contribution < -0.4 is 14.8 Å². The van der Waals surface area contributed by atoms with E-state index in [4.69, 9.17) is 4.55 Å². The minimum Gasteiger partial charge on any atom is -0.380 e. The van der Waals surface area contributed by atoms with Crippen molar-refractivity contribution in [3.8, 4) is 5.75 Å². The summed E-state index contributed by atoms with van der Waals surface area (Å²) in [6.45, 7) is 6.61. The molecule has 1 aromatic rings. The van der Waals surface area contributed by atoms with Crippen LogP contribution in [0.4, 0.5) is 11.4 Å². The molecule has 1 atom stereocenters. The summed E-state index contributed by atoms with van der Waals surface area (Å²) < 4.78 is 23.8. The van der Waals surface area contributed by atoms with E-state index in [9.17, 15) is 13.8 Å². The lowest BCUT2D eigenvalue weighted by molar-refractivity contribution is -0.112. The van der Waals surface area contributed by atoms with Crippen LogP contribution in [0.3, 0.4) is 0 Å². The summed E-state index contributed by atoms with van der Waals surface area (Å²) in [6, 6.07) is 4.05. The van der Waals surface area contributed by atoms with Crippen molar-refractivity contribution >= 4 is 34.6 Å². The lowest BCUT2D eigenvalue weighted by atomic mass is 10.2. The number of carbonyl (C=O) groups is 2. The van der Waals surface area contributed by atoms with Crippen molar-refractivity contribution in [3.63, 3.8) is 0 Å². The maximum Gasteiger partial charge on any atom is 0.357 e. The highest BCUT2D eigenvalue weighted by Gasteiger charge is 2.10. The summed E-state index contributed by atoms with van der Waals surface area (Å²) in [5.41, 5.74) is 0.467. The van der Waals surface area contributed by atoms with Gasteiger partial charge < -0.3 is 14.8 Å². The van der Waals surface area contributed by atoms with Crippen LogP contribution in [0, 0.1) is 0 Å². The van der Waals surface area contributed by atoms with Crippen molar-refractivity contribution in [2.75, 3.05) is 10.6 Å². The van der Waals surface area contributed by atoms with Gasteiger partial charge in [0.15, 0.2) is 0 Å². The van der Waals surface area contributed by atoms with Crippen LogP contribution >= 0.6 is 0 Å². The number of anilines is 2. The minimum atomic E-state index is -2.49. The zero-order valence-corrected chi connectivity index (χ0v) is 11.1. The standard InChI is InChI=1S/C12H12N2O5S/c1-3-11(15)13-9-6-5-8(19-20(17)18)7-10(9)14-12(16)4-2/h3-7H,1-2H2,(H,13,15)(H,14,16)(H,17,18). The predicted molar refractivity (Wildman–Crippen MR) is 75.5 cm³/mol. The zero-order valence-electron chi connectivity index (χ0n) is 10.3. The Balaban J connectivity index is 3.11. The molecule has 7 nitrogen and oxygen atoms in total. The molecule has 0 aromatic heterocycles. The van der Waals surface area contributed by atoms with Gasteiger partial charge in [-0.3, -0.25) is 14.1 Å². The van der Waals surface area contributed by atoms with E-state index in [2.05, 4.69) is 28.0 Å². The second kappa shape index (κ2) is 7.22. The molecule has 2 amide bonds. The first kappa shape index (κ1) is 15.6. The Bertz CT molecular complexity index is 585. The highest BCUT2D eigenvalue weighted by Crippen LogP contribution is 2.27. The smallest absolute Gasteiger partial charge is 0.357 e. The predicted octanol–water partition coefficient (Wildman–Crippen LogP) is 1.45. The van der Waals surface area contributed by atoms with Crippen molar-refractivity contribution in [1.82, 2.24) is 0 Å². The second-order valence-electron chi connectivity index (χ2n) is 3.39. The Hall–Kier alpha value is -2.45. The highest BCUT2D eigenvalue weighted by molar-refractivity contribution is 7.74. The first-order valence-corrected chi connectivity index (χ1v) is 6.29. The van der Waals surface area contributed by atoms with E-state index in [0.717, 1.165) is 12.2 Å². The Morgan fingerprint density at radius 3 is 2.20 bits per heavy atom. The fourth-order valence-corrected chi connectivity index (χ4v) is 1.51. The molecule has 0 radical (unpaired) electrons. The molecule has 106 valence electrons. The molecule has 0 aliphatic carbocycles. The van der Waals surface area contributed by atoms with Crippen LogP contribution in [0.25, 0.3) is 0 Å². The molecule has 0 spiro atoms. The van der Waals surface area contributed by atoms with E-state index < -0.39 is 23.2 Å². The van der Waals surface area contributed by atoms with Crippen LogP contribution in [0.15, 0.2) is 43.5 Å². The Kier molecular flexibility index (Phi) is 5.63. The normalized spacial score (nSPS) is 11.1. The molecule has 3 N–H and O–H groups in total. The van der Waals surface area contributed by atoms with Gasteiger partial charge in [0.2, 0.25) is 11.8 Å². The van der Waals surface area contributed by atoms with Gasteiger partial charge in [-0.2, -0.15) is 4.21 Å². The van der Waals surface area contributed by atoms with E-state index in [1.54, 1.807) is 0 Å². The van der Waals surface area contributed by atoms with Gasteiger partial charge in [0.1, 0.15) is 5.75 Å². The van der Waals surface area contributed by atoms with Gasteiger partial charge in [0.25, 0.3) is 0 Å². The van der Waals surface area contributed by atoms with Crippen LogP contribution in [-0.4, -0.2) is 20.6 Å². The van der Waals surface area contributed by atoms with E-state index in [1.807, 2.05) is 0 Å². The van der Waals surface area contributed by atoms with Crippen LogP contribution in [0.2, 0.25) is 0 Å². The number of nitrogens with one attached hydrogen (secondary N) is 2. The van der Waals surface area contributed by atoms with Crippen molar-refractivity contribution in [3.05, 3.63) is 43.5 Å². The van der Waals surface area contributed by atoms with Gasteiger partial charge in [-0.15, -0.1) is 0 Å². The summed E-state index contributed by atoms with van der Waals surface area (Å²) in [6.07, 6.45) is 2.10. The highest BCUT2D eigenvalue weighted by atomic mass is 32.2. The Morgan fingerprint density at radius 2 is 1.70 bits per heavy atom. The van der Waals surface area contributed by atoms with Gasteiger partial charge in [-0.05, 0) is 24.3 Å². The van der Waals surface area contributed by atoms with Gasteiger partial charge in [0.05, 0.1) is 11.4 Å². The Morgan fingerprint density at radius 1 is 1.15 bits per heavy atom. The monoisotopic (exact) mass is 296 g/mol. The molecular formula is C12H12N2O5S. The van der Waals surface area contributed by atoms with Crippen LogP contribution in [0.1, 0.15) is 0 Å². The quantitative estimate of drug-likeness (QED) is 0.544. The van der Waals surface area contributed by atoms with Gasteiger partial charge in [-0.25, -0.2) is 0 Å². The molecule has 0 aliphatic rings. The van der Waals surface area contributed by atoms with Gasteiger partial charge in [-0.1, -0.05) is 13.2 Å². The second-order valence-corrected chi connectivity index (χ2v) is 4.00. The number of benzene rings is 1. The van der Waals surface area contributed by atoms with E-state index >= 15 is 0 Å². The lowest BCUT2D eigenvalue weighted by Gasteiger charge is -2.11. The van der Waals surface area contributed by atoms with Crippen molar-refractivity contribution < 1.29 is 22.5 Å². The first-order valence-electron chi connectivity index (χ1n) is 5.26. The van der Waals surface area contributed by atoms with Gasteiger partial charge in [0, 0.05) is 6.07 Å². The number of amides is 2. The number of rotatable bonds is 6. The number of hydrogen-bond donors (Lipinski definition) is 3. The van der Waals surface area contributed by atoms with E-state index in [-0.39, 0.29) is 17.1 Å². The molecule has 0 heterocycles. The summed E-state index contributed by atoms with van der Waals surface area (Å²) in [5, 5.41) is 4.91. The molecule has 20 heavy (non-hydrogen) atoms. The molecule has 0 saturated heterocycles. The molecule has 1 unspecified atom stereocenters. The molecular weight excluding hydrogens is 284 g/mol. The molecule has 0 aliphatic heterocycles. The third kappa shape index (κ3) is 4.67.